The zero-order valence-electron chi connectivity index (χ0n) is 6.66. The number of hydrogen-bond donors (Lipinski definition) is 0. The number of nitro groups is 1. The first-order chi connectivity index (χ1) is 6.61. The van der Waals surface area contributed by atoms with E-state index < -0.39 is 10.7 Å². The van der Waals surface area contributed by atoms with Gasteiger partial charge in [0.1, 0.15) is 14.1 Å². The van der Waals surface area contributed by atoms with E-state index in [1.807, 2.05) is 22.6 Å². The molecule has 0 saturated carbocycles. The average Bonchev–Trinajstić information content (AvgIpc) is 2.42. The molecule has 0 aliphatic heterocycles. The summed E-state index contributed by atoms with van der Waals surface area (Å²) in [6.07, 6.45) is 0. The van der Waals surface area contributed by atoms with Gasteiger partial charge in [0.05, 0.1) is 4.92 Å². The minimum atomic E-state index is -0.538. The molecule has 0 aliphatic rings. The van der Waals surface area contributed by atoms with E-state index in [4.69, 9.17) is 0 Å². The molecule has 0 radical (unpaired) electrons. The van der Waals surface area contributed by atoms with Gasteiger partial charge in [0.25, 0.3) is 0 Å². The zero-order valence-corrected chi connectivity index (χ0v) is 9.63. The number of hydrogen-bond acceptors (Lipinski definition) is 3. The van der Waals surface area contributed by atoms with Gasteiger partial charge in [-0.05, 0) is 34.7 Å². The lowest BCUT2D eigenvalue weighted by atomic mass is 10.2. The van der Waals surface area contributed by atoms with Crippen LogP contribution in [0.25, 0.3) is 10.1 Å². The van der Waals surface area contributed by atoms with Crippen molar-refractivity contribution in [3.05, 3.63) is 37.0 Å². The third-order valence-corrected chi connectivity index (χ3v) is 3.88. The van der Waals surface area contributed by atoms with E-state index in [0.29, 0.717) is 7.58 Å². The van der Waals surface area contributed by atoms with Crippen LogP contribution >= 0.6 is 33.9 Å². The lowest BCUT2D eigenvalue weighted by Gasteiger charge is -1.91. The standard InChI is InChI=1S/C8H3FINO2S/c9-4-2-1-3-5-6(4)7(11(12)13)8(10)14-5/h1-3H. The van der Waals surface area contributed by atoms with Gasteiger partial charge >= 0.3 is 5.69 Å². The van der Waals surface area contributed by atoms with Gasteiger partial charge in [-0.15, -0.1) is 11.3 Å². The summed E-state index contributed by atoms with van der Waals surface area (Å²) in [7, 11) is 0. The zero-order chi connectivity index (χ0) is 10.3. The summed E-state index contributed by atoms with van der Waals surface area (Å²) >= 11 is 3.08. The largest absolute Gasteiger partial charge is 0.304 e. The minimum Gasteiger partial charge on any atom is -0.258 e. The summed E-state index contributed by atoms with van der Waals surface area (Å²) < 4.78 is 14.4. The highest BCUT2D eigenvalue weighted by Gasteiger charge is 2.23. The summed E-state index contributed by atoms with van der Waals surface area (Å²) in [5.41, 5.74) is -0.122. The Kier molecular flexibility index (Phi) is 2.40. The Morgan fingerprint density at radius 2 is 2.21 bits per heavy atom. The summed E-state index contributed by atoms with van der Waals surface area (Å²) in [4.78, 5) is 10.2. The van der Waals surface area contributed by atoms with Gasteiger partial charge in [-0.2, -0.15) is 0 Å². The third-order valence-electron chi connectivity index (χ3n) is 1.78. The van der Waals surface area contributed by atoms with Crippen LogP contribution in [-0.4, -0.2) is 4.92 Å². The minimum absolute atomic E-state index is 0.118. The molecule has 14 heavy (non-hydrogen) atoms. The van der Waals surface area contributed by atoms with Crippen molar-refractivity contribution >= 4 is 49.7 Å². The second kappa shape index (κ2) is 3.43. The Morgan fingerprint density at radius 1 is 1.50 bits per heavy atom. The molecular formula is C8H3FINO2S. The molecule has 0 atom stereocenters. The van der Waals surface area contributed by atoms with Gasteiger partial charge in [-0.25, -0.2) is 4.39 Å². The van der Waals surface area contributed by atoms with E-state index in [1.54, 1.807) is 12.1 Å². The number of fused-ring (bicyclic) bond motifs is 1. The number of rotatable bonds is 1. The maximum absolute atomic E-state index is 13.3. The molecule has 72 valence electrons. The van der Waals surface area contributed by atoms with Gasteiger partial charge in [-0.3, -0.25) is 10.1 Å². The third kappa shape index (κ3) is 1.38. The fourth-order valence-electron chi connectivity index (χ4n) is 1.23. The fraction of sp³-hybridized carbons (Fsp3) is 0. The van der Waals surface area contributed by atoms with Crippen LogP contribution in [0.2, 0.25) is 0 Å². The van der Waals surface area contributed by atoms with Gasteiger partial charge in [0, 0.05) is 4.70 Å². The Balaban J connectivity index is 2.93. The topological polar surface area (TPSA) is 43.1 Å². The summed E-state index contributed by atoms with van der Waals surface area (Å²) in [5.74, 6) is -0.534. The van der Waals surface area contributed by atoms with E-state index in [0.717, 1.165) is 0 Å². The molecule has 0 N–H and O–H groups in total. The molecule has 1 aromatic carbocycles. The Morgan fingerprint density at radius 3 is 2.86 bits per heavy atom. The van der Waals surface area contributed by atoms with Crippen molar-refractivity contribution in [1.29, 1.82) is 0 Å². The first-order valence-corrected chi connectivity index (χ1v) is 5.51. The number of thiophene rings is 1. The lowest BCUT2D eigenvalue weighted by molar-refractivity contribution is -0.383. The van der Waals surface area contributed by atoms with E-state index in [-0.39, 0.29) is 11.1 Å². The van der Waals surface area contributed by atoms with E-state index in [2.05, 4.69) is 0 Å². The highest BCUT2D eigenvalue weighted by Crippen LogP contribution is 2.39. The molecule has 0 spiro atoms. The van der Waals surface area contributed by atoms with E-state index in [1.165, 1.54) is 17.4 Å². The molecule has 0 fully saturated rings. The molecule has 0 saturated heterocycles. The normalized spacial score (nSPS) is 10.7. The van der Waals surface area contributed by atoms with Crippen molar-refractivity contribution < 1.29 is 9.31 Å². The van der Waals surface area contributed by atoms with Gasteiger partial charge in [-0.1, -0.05) is 6.07 Å². The van der Waals surface area contributed by atoms with Gasteiger partial charge in [0.2, 0.25) is 0 Å². The van der Waals surface area contributed by atoms with Crippen LogP contribution in [-0.2, 0) is 0 Å². The maximum Gasteiger partial charge on any atom is 0.304 e. The first-order valence-electron chi connectivity index (χ1n) is 3.62. The van der Waals surface area contributed by atoms with Crippen molar-refractivity contribution in [2.45, 2.75) is 0 Å². The molecule has 2 aromatic rings. The predicted octanol–water partition coefficient (Wildman–Crippen LogP) is 3.55. The van der Waals surface area contributed by atoms with E-state index >= 15 is 0 Å². The smallest absolute Gasteiger partial charge is 0.258 e. The molecule has 0 aliphatic carbocycles. The van der Waals surface area contributed by atoms with Crippen molar-refractivity contribution in [3.8, 4) is 0 Å². The van der Waals surface area contributed by atoms with Crippen molar-refractivity contribution in [2.75, 3.05) is 0 Å². The van der Waals surface area contributed by atoms with Crippen LogP contribution in [0.15, 0.2) is 18.2 Å². The molecule has 6 heteroatoms. The lowest BCUT2D eigenvalue weighted by Crippen LogP contribution is -1.89. The Bertz CT molecular complexity index is 525. The molecule has 1 aromatic heterocycles. The SMILES string of the molecule is O=[N+]([O-])c1c(I)sc2cccc(F)c12. The van der Waals surface area contributed by atoms with Gasteiger partial charge in [0.15, 0.2) is 0 Å². The fourth-order valence-corrected chi connectivity index (χ4v) is 3.31. The second-order valence-electron chi connectivity index (χ2n) is 2.59. The molecule has 1 heterocycles. The molecule has 0 amide bonds. The average molecular weight is 323 g/mol. The number of benzene rings is 1. The Labute approximate surface area is 95.8 Å². The molecular weight excluding hydrogens is 320 g/mol. The van der Waals surface area contributed by atoms with Gasteiger partial charge < -0.3 is 0 Å². The van der Waals surface area contributed by atoms with Crippen LogP contribution < -0.4 is 0 Å². The van der Waals surface area contributed by atoms with Crippen molar-refractivity contribution in [2.24, 2.45) is 0 Å². The van der Waals surface area contributed by atoms with E-state index in [9.17, 15) is 14.5 Å². The van der Waals surface area contributed by atoms with Crippen molar-refractivity contribution in [1.82, 2.24) is 0 Å². The quantitative estimate of drug-likeness (QED) is 0.458. The summed E-state index contributed by atoms with van der Waals surface area (Å²) in [5, 5.41) is 10.8. The summed E-state index contributed by atoms with van der Waals surface area (Å²) in [6.45, 7) is 0. The number of halogens is 2. The number of nitrogens with zero attached hydrogens (tertiary/aromatic N) is 1. The molecule has 0 bridgehead atoms. The molecule has 0 unspecified atom stereocenters. The second-order valence-corrected chi connectivity index (χ2v) is 5.46. The van der Waals surface area contributed by atoms with Crippen LogP contribution in [0.4, 0.5) is 10.1 Å². The highest BCUT2D eigenvalue weighted by molar-refractivity contribution is 14.1. The van der Waals surface area contributed by atoms with Crippen LogP contribution in [0, 0.1) is 18.8 Å². The highest BCUT2D eigenvalue weighted by atomic mass is 127. The van der Waals surface area contributed by atoms with Crippen LogP contribution in [0.3, 0.4) is 0 Å². The first kappa shape index (κ1) is 9.78. The Hall–Kier alpha value is -0.760. The van der Waals surface area contributed by atoms with Crippen molar-refractivity contribution in [3.63, 3.8) is 0 Å². The monoisotopic (exact) mass is 323 g/mol. The molecule has 3 nitrogen and oxygen atoms in total. The maximum atomic E-state index is 13.3. The molecule has 2 rings (SSSR count). The van der Waals surface area contributed by atoms with Crippen LogP contribution in [0.1, 0.15) is 0 Å². The van der Waals surface area contributed by atoms with Crippen LogP contribution in [0.5, 0.6) is 0 Å². The summed E-state index contributed by atoms with van der Waals surface area (Å²) in [6, 6.07) is 4.46. The predicted molar refractivity (Wildman–Crippen MR) is 61.2 cm³/mol.